The van der Waals surface area contributed by atoms with E-state index < -0.39 is 0 Å². The zero-order chi connectivity index (χ0) is 15.9. The van der Waals surface area contributed by atoms with Crippen molar-refractivity contribution in [3.63, 3.8) is 0 Å². The summed E-state index contributed by atoms with van der Waals surface area (Å²) in [7, 11) is 0. The van der Waals surface area contributed by atoms with Crippen LogP contribution in [0.25, 0.3) is 0 Å². The van der Waals surface area contributed by atoms with Gasteiger partial charge in [-0.15, -0.1) is 0 Å². The molecule has 23 heavy (non-hydrogen) atoms. The quantitative estimate of drug-likeness (QED) is 0.791. The molecule has 1 aromatic rings. The van der Waals surface area contributed by atoms with Crippen molar-refractivity contribution >= 4 is 17.3 Å². The van der Waals surface area contributed by atoms with E-state index in [4.69, 9.17) is 0 Å². The van der Waals surface area contributed by atoms with Crippen LogP contribution < -0.4 is 15.2 Å². The molecule has 1 saturated carbocycles. The first-order valence-electron chi connectivity index (χ1n) is 8.79. The third-order valence-electron chi connectivity index (χ3n) is 4.82. The molecule has 0 aromatic heterocycles. The van der Waals surface area contributed by atoms with Gasteiger partial charge < -0.3 is 9.80 Å². The number of hydrogen-bond donors (Lipinski definition) is 2. The highest BCUT2D eigenvalue weighted by Crippen LogP contribution is 2.14. The monoisotopic (exact) mass is 315 g/mol. The van der Waals surface area contributed by atoms with Gasteiger partial charge in [-0.2, -0.15) is 5.10 Å². The number of piperazine rings is 1. The van der Waals surface area contributed by atoms with Gasteiger partial charge in [0.15, 0.2) is 0 Å². The lowest BCUT2D eigenvalue weighted by Crippen LogP contribution is -3.15. The number of carbonyl (C=O) groups excluding carboxylic acids is 1. The minimum Gasteiger partial charge on any atom is -0.360 e. The molecule has 1 saturated heterocycles. The van der Waals surface area contributed by atoms with Gasteiger partial charge in [0.1, 0.15) is 0 Å². The van der Waals surface area contributed by atoms with Crippen LogP contribution in [-0.2, 0) is 4.79 Å². The number of para-hydroxylation sites is 1. The SMILES string of the molecule is O=C(CC[NH+]1CCN(c2ccccc2)CC1)NN=C1CCCC1. The van der Waals surface area contributed by atoms with Crippen molar-refractivity contribution in [2.24, 2.45) is 5.10 Å². The third-order valence-corrected chi connectivity index (χ3v) is 4.82. The molecule has 2 aliphatic rings. The first kappa shape index (κ1) is 16.0. The van der Waals surface area contributed by atoms with Gasteiger partial charge >= 0.3 is 0 Å². The molecular formula is C18H27N4O+. The molecule has 3 rings (SSSR count). The molecule has 0 atom stereocenters. The topological polar surface area (TPSA) is 49.1 Å². The Morgan fingerprint density at radius 1 is 1.13 bits per heavy atom. The molecule has 0 bridgehead atoms. The molecule has 1 heterocycles. The maximum Gasteiger partial charge on any atom is 0.245 e. The maximum atomic E-state index is 11.9. The van der Waals surface area contributed by atoms with Gasteiger partial charge in [0.05, 0.1) is 39.1 Å². The van der Waals surface area contributed by atoms with E-state index in [0.29, 0.717) is 6.42 Å². The average molecular weight is 315 g/mol. The number of benzene rings is 1. The lowest BCUT2D eigenvalue weighted by molar-refractivity contribution is -0.900. The Bertz CT molecular complexity index is 527. The van der Waals surface area contributed by atoms with E-state index in [9.17, 15) is 4.79 Å². The van der Waals surface area contributed by atoms with Crippen LogP contribution in [0.4, 0.5) is 5.69 Å². The van der Waals surface area contributed by atoms with E-state index in [0.717, 1.165) is 51.3 Å². The average Bonchev–Trinajstić information content (AvgIpc) is 3.13. The summed E-state index contributed by atoms with van der Waals surface area (Å²) in [6, 6.07) is 10.6. The maximum absolute atomic E-state index is 11.9. The van der Waals surface area contributed by atoms with Crippen LogP contribution in [0.15, 0.2) is 35.4 Å². The summed E-state index contributed by atoms with van der Waals surface area (Å²) < 4.78 is 0. The highest BCUT2D eigenvalue weighted by atomic mass is 16.2. The normalized spacial score (nSPS) is 19.0. The molecule has 5 heteroatoms. The van der Waals surface area contributed by atoms with Crippen LogP contribution in [0.3, 0.4) is 0 Å². The molecule has 0 radical (unpaired) electrons. The van der Waals surface area contributed by atoms with Crippen molar-refractivity contribution < 1.29 is 9.69 Å². The van der Waals surface area contributed by atoms with Crippen LogP contribution >= 0.6 is 0 Å². The minimum absolute atomic E-state index is 0.0578. The third kappa shape index (κ3) is 4.79. The summed E-state index contributed by atoms with van der Waals surface area (Å²) in [5.41, 5.74) is 5.18. The Morgan fingerprint density at radius 3 is 2.52 bits per heavy atom. The van der Waals surface area contributed by atoms with Gasteiger partial charge in [-0.1, -0.05) is 18.2 Å². The van der Waals surface area contributed by atoms with Crippen LogP contribution in [0.2, 0.25) is 0 Å². The minimum atomic E-state index is 0.0578. The van der Waals surface area contributed by atoms with Gasteiger partial charge in [0.25, 0.3) is 0 Å². The van der Waals surface area contributed by atoms with Crippen LogP contribution in [0.1, 0.15) is 32.1 Å². The van der Waals surface area contributed by atoms with Crippen molar-refractivity contribution in [3.05, 3.63) is 30.3 Å². The molecule has 1 aliphatic carbocycles. The number of amides is 1. The molecule has 5 nitrogen and oxygen atoms in total. The summed E-state index contributed by atoms with van der Waals surface area (Å²) >= 11 is 0. The number of quaternary nitrogens is 1. The molecule has 124 valence electrons. The molecule has 1 amide bonds. The number of carbonyl (C=O) groups is 1. The van der Waals surface area contributed by atoms with E-state index in [1.54, 1.807) is 0 Å². The van der Waals surface area contributed by atoms with E-state index in [1.807, 2.05) is 0 Å². The Kier molecular flexibility index (Phi) is 5.64. The van der Waals surface area contributed by atoms with E-state index in [2.05, 4.69) is 45.8 Å². The molecular weight excluding hydrogens is 288 g/mol. The molecule has 0 spiro atoms. The summed E-state index contributed by atoms with van der Waals surface area (Å²) in [6.07, 6.45) is 5.09. The Morgan fingerprint density at radius 2 is 1.83 bits per heavy atom. The van der Waals surface area contributed by atoms with Crippen molar-refractivity contribution in [2.75, 3.05) is 37.6 Å². The van der Waals surface area contributed by atoms with Crippen LogP contribution in [0.5, 0.6) is 0 Å². The van der Waals surface area contributed by atoms with Gasteiger partial charge in [-0.05, 0) is 37.8 Å². The smallest absolute Gasteiger partial charge is 0.245 e. The second-order valence-electron chi connectivity index (χ2n) is 6.49. The van der Waals surface area contributed by atoms with Crippen molar-refractivity contribution in [1.82, 2.24) is 5.43 Å². The Hall–Kier alpha value is -1.88. The lowest BCUT2D eigenvalue weighted by Gasteiger charge is -2.33. The number of anilines is 1. The van der Waals surface area contributed by atoms with Gasteiger partial charge in [0, 0.05) is 11.4 Å². The summed E-state index contributed by atoms with van der Waals surface area (Å²) in [4.78, 5) is 15.8. The van der Waals surface area contributed by atoms with Crippen LogP contribution in [-0.4, -0.2) is 44.3 Å². The molecule has 1 aliphatic heterocycles. The highest BCUT2D eigenvalue weighted by Gasteiger charge is 2.20. The molecule has 2 fully saturated rings. The zero-order valence-electron chi connectivity index (χ0n) is 13.8. The van der Waals surface area contributed by atoms with Crippen molar-refractivity contribution in [2.45, 2.75) is 32.1 Å². The standard InChI is InChI=1S/C18H26N4O/c23-18(20-19-16-6-4-5-7-16)10-11-21-12-14-22(15-13-21)17-8-2-1-3-9-17/h1-3,8-9H,4-7,10-15H2,(H,20,23)/p+1. The van der Waals surface area contributed by atoms with E-state index in [1.165, 1.54) is 23.4 Å². The number of nitrogens with one attached hydrogen (secondary N) is 2. The van der Waals surface area contributed by atoms with Crippen LogP contribution in [0, 0.1) is 0 Å². The molecule has 1 aromatic carbocycles. The Labute approximate surface area is 138 Å². The number of hydrogen-bond acceptors (Lipinski definition) is 3. The first-order chi connectivity index (χ1) is 11.3. The summed E-state index contributed by atoms with van der Waals surface area (Å²) in [5.74, 6) is 0.0578. The lowest BCUT2D eigenvalue weighted by atomic mass is 10.2. The summed E-state index contributed by atoms with van der Waals surface area (Å²) in [5, 5.41) is 4.24. The second-order valence-corrected chi connectivity index (χ2v) is 6.49. The fourth-order valence-electron chi connectivity index (χ4n) is 3.35. The number of nitrogens with zero attached hydrogens (tertiary/aromatic N) is 2. The fourth-order valence-corrected chi connectivity index (χ4v) is 3.35. The number of rotatable bonds is 5. The highest BCUT2D eigenvalue weighted by molar-refractivity contribution is 5.87. The molecule has 2 N–H and O–H groups in total. The molecule has 0 unspecified atom stereocenters. The number of hydrazone groups is 1. The largest absolute Gasteiger partial charge is 0.360 e. The second kappa shape index (κ2) is 8.11. The zero-order valence-corrected chi connectivity index (χ0v) is 13.8. The predicted octanol–water partition coefficient (Wildman–Crippen LogP) is 0.828. The van der Waals surface area contributed by atoms with Crippen molar-refractivity contribution in [3.8, 4) is 0 Å². The predicted molar refractivity (Wildman–Crippen MR) is 92.9 cm³/mol. The summed E-state index contributed by atoms with van der Waals surface area (Å²) in [6.45, 7) is 5.21. The van der Waals surface area contributed by atoms with Crippen molar-refractivity contribution in [1.29, 1.82) is 0 Å². The van der Waals surface area contributed by atoms with Gasteiger partial charge in [-0.25, -0.2) is 5.43 Å². The van der Waals surface area contributed by atoms with E-state index >= 15 is 0 Å². The first-order valence-corrected chi connectivity index (χ1v) is 8.79. The fraction of sp³-hybridized carbons (Fsp3) is 0.556. The Balaban J connectivity index is 1.36. The van der Waals surface area contributed by atoms with E-state index in [-0.39, 0.29) is 5.91 Å². The van der Waals surface area contributed by atoms with Gasteiger partial charge in [-0.3, -0.25) is 4.79 Å². The van der Waals surface area contributed by atoms with Gasteiger partial charge in [0.2, 0.25) is 5.91 Å².